The number of carbonyl (C=O) groups is 1. The Balaban J connectivity index is 1.85. The molecule has 1 N–H and O–H groups in total. The van der Waals surface area contributed by atoms with Gasteiger partial charge in [-0.05, 0) is 29.2 Å². The van der Waals surface area contributed by atoms with Gasteiger partial charge in [0.25, 0.3) is 0 Å². The van der Waals surface area contributed by atoms with Crippen LogP contribution >= 0.6 is 0 Å². The summed E-state index contributed by atoms with van der Waals surface area (Å²) < 4.78 is 0. The van der Waals surface area contributed by atoms with Gasteiger partial charge in [-0.15, -0.1) is 0 Å². The average molecular weight is 343 g/mol. The van der Waals surface area contributed by atoms with E-state index in [0.29, 0.717) is 12.3 Å². The highest BCUT2D eigenvalue weighted by atomic mass is 16.1. The maximum atomic E-state index is 12.8. The van der Waals surface area contributed by atoms with Gasteiger partial charge in [-0.2, -0.15) is 0 Å². The maximum absolute atomic E-state index is 12.8. The first-order valence-electron chi connectivity index (χ1n) is 9.13. The number of Topliss-reactive ketones (excluding diaryl/α,β-unsaturated/α-hetero) is 1. The van der Waals surface area contributed by atoms with Gasteiger partial charge in [0, 0.05) is 17.7 Å². The molecule has 0 saturated carbocycles. The molecule has 0 aliphatic rings. The minimum absolute atomic E-state index is 0.0636. The zero-order valence-corrected chi connectivity index (χ0v) is 15.4. The third-order valence-electron chi connectivity index (χ3n) is 4.61. The van der Waals surface area contributed by atoms with Crippen LogP contribution in [0.1, 0.15) is 53.7 Å². The van der Waals surface area contributed by atoms with Crippen LogP contribution in [0.3, 0.4) is 0 Å². The molecule has 2 heteroatoms. The van der Waals surface area contributed by atoms with Crippen molar-refractivity contribution < 1.29 is 4.79 Å². The molecular weight excluding hydrogens is 318 g/mol. The fourth-order valence-corrected chi connectivity index (χ4v) is 3.03. The second-order valence-electron chi connectivity index (χ2n) is 6.88. The molecule has 0 spiro atoms. The first kappa shape index (κ1) is 17.9. The number of rotatable bonds is 7. The lowest BCUT2D eigenvalue weighted by Gasteiger charge is -2.21. The topological polar surface area (TPSA) is 29.1 Å². The van der Waals surface area contributed by atoms with Crippen LogP contribution in [0.2, 0.25) is 0 Å². The predicted octanol–water partition coefficient (Wildman–Crippen LogP) is 6.24. The van der Waals surface area contributed by atoms with Crippen LogP contribution in [0.25, 0.3) is 0 Å². The summed E-state index contributed by atoms with van der Waals surface area (Å²) in [4.78, 5) is 12.8. The minimum atomic E-state index is -0.0636. The first-order valence-corrected chi connectivity index (χ1v) is 9.13. The molecule has 0 fully saturated rings. The molecule has 3 aromatic rings. The van der Waals surface area contributed by atoms with E-state index < -0.39 is 0 Å². The van der Waals surface area contributed by atoms with Crippen LogP contribution < -0.4 is 5.32 Å². The molecule has 0 radical (unpaired) electrons. The fourth-order valence-electron chi connectivity index (χ4n) is 3.03. The van der Waals surface area contributed by atoms with Gasteiger partial charge in [0.2, 0.25) is 0 Å². The minimum Gasteiger partial charge on any atom is -0.378 e. The van der Waals surface area contributed by atoms with Crippen molar-refractivity contribution in [3.8, 4) is 0 Å². The first-order chi connectivity index (χ1) is 12.6. The van der Waals surface area contributed by atoms with Crippen LogP contribution in [-0.4, -0.2) is 5.78 Å². The number of hydrogen-bond acceptors (Lipinski definition) is 2. The van der Waals surface area contributed by atoms with E-state index in [1.54, 1.807) is 0 Å². The van der Waals surface area contributed by atoms with E-state index in [0.717, 1.165) is 16.8 Å². The highest BCUT2D eigenvalue weighted by molar-refractivity contribution is 5.96. The standard InChI is InChI=1S/C24H25NO/c1-18(2)19-13-15-20(16-14-19)23(25-22-11-7-4-8-12-22)17-24(26)21-9-5-3-6-10-21/h3-16,18,23,25H,17H2,1-2H3. The summed E-state index contributed by atoms with van der Waals surface area (Å²) in [5.41, 5.74) is 4.21. The molecule has 0 aliphatic heterocycles. The molecule has 0 aliphatic carbocycles. The molecule has 0 aromatic heterocycles. The van der Waals surface area contributed by atoms with Crippen molar-refractivity contribution >= 4 is 11.5 Å². The molecule has 2 nitrogen and oxygen atoms in total. The molecule has 3 rings (SSSR count). The Morgan fingerprint density at radius 3 is 1.88 bits per heavy atom. The van der Waals surface area contributed by atoms with Crippen LogP contribution in [0.5, 0.6) is 0 Å². The SMILES string of the molecule is CC(C)c1ccc(C(CC(=O)c2ccccc2)Nc2ccccc2)cc1. The molecule has 132 valence electrons. The van der Waals surface area contributed by atoms with Gasteiger partial charge in [0.05, 0.1) is 6.04 Å². The van der Waals surface area contributed by atoms with Gasteiger partial charge in [-0.25, -0.2) is 0 Å². The van der Waals surface area contributed by atoms with Crippen molar-refractivity contribution in [3.05, 3.63) is 102 Å². The van der Waals surface area contributed by atoms with E-state index in [-0.39, 0.29) is 11.8 Å². The third kappa shape index (κ3) is 4.60. The van der Waals surface area contributed by atoms with Crippen LogP contribution in [0.4, 0.5) is 5.69 Å². The van der Waals surface area contributed by atoms with Crippen molar-refractivity contribution in [2.45, 2.75) is 32.2 Å². The summed E-state index contributed by atoms with van der Waals surface area (Å²) in [7, 11) is 0. The largest absolute Gasteiger partial charge is 0.378 e. The highest BCUT2D eigenvalue weighted by Gasteiger charge is 2.17. The van der Waals surface area contributed by atoms with E-state index in [1.165, 1.54) is 5.56 Å². The zero-order chi connectivity index (χ0) is 18.4. The van der Waals surface area contributed by atoms with E-state index in [4.69, 9.17) is 0 Å². The van der Waals surface area contributed by atoms with Crippen molar-refractivity contribution in [1.29, 1.82) is 0 Å². The van der Waals surface area contributed by atoms with Gasteiger partial charge in [0.15, 0.2) is 5.78 Å². The molecule has 26 heavy (non-hydrogen) atoms. The van der Waals surface area contributed by atoms with Gasteiger partial charge < -0.3 is 5.32 Å². The summed E-state index contributed by atoms with van der Waals surface area (Å²) in [6, 6.07) is 28.1. The molecule has 0 amide bonds. The van der Waals surface area contributed by atoms with Gasteiger partial charge in [-0.3, -0.25) is 4.79 Å². The van der Waals surface area contributed by atoms with Gasteiger partial charge in [-0.1, -0.05) is 86.6 Å². The van der Waals surface area contributed by atoms with E-state index in [2.05, 4.69) is 43.4 Å². The Morgan fingerprint density at radius 2 is 1.31 bits per heavy atom. The summed E-state index contributed by atoms with van der Waals surface area (Å²) in [6.07, 6.45) is 0.417. The lowest BCUT2D eigenvalue weighted by atomic mass is 9.95. The van der Waals surface area contributed by atoms with E-state index >= 15 is 0 Å². The normalized spacial score (nSPS) is 12.0. The summed E-state index contributed by atoms with van der Waals surface area (Å²) >= 11 is 0. The highest BCUT2D eigenvalue weighted by Crippen LogP contribution is 2.26. The summed E-state index contributed by atoms with van der Waals surface area (Å²) in [5, 5.41) is 3.52. The second kappa shape index (κ2) is 8.48. The fraction of sp³-hybridized carbons (Fsp3) is 0.208. The molecule has 0 bridgehead atoms. The average Bonchev–Trinajstić information content (AvgIpc) is 2.69. The summed E-state index contributed by atoms with van der Waals surface area (Å²) in [6.45, 7) is 4.38. The van der Waals surface area contributed by atoms with Crippen molar-refractivity contribution in [3.63, 3.8) is 0 Å². The van der Waals surface area contributed by atoms with Crippen LogP contribution in [-0.2, 0) is 0 Å². The van der Waals surface area contributed by atoms with E-state index in [9.17, 15) is 4.79 Å². The van der Waals surface area contributed by atoms with Gasteiger partial charge in [0.1, 0.15) is 0 Å². The van der Waals surface area contributed by atoms with Crippen molar-refractivity contribution in [2.75, 3.05) is 5.32 Å². The molecular formula is C24H25NO. The number of anilines is 1. The third-order valence-corrected chi connectivity index (χ3v) is 4.61. The number of hydrogen-bond donors (Lipinski definition) is 1. The molecule has 3 aromatic carbocycles. The Kier molecular flexibility index (Phi) is 5.85. The van der Waals surface area contributed by atoms with Crippen LogP contribution in [0, 0.1) is 0 Å². The van der Waals surface area contributed by atoms with Gasteiger partial charge >= 0.3 is 0 Å². The quantitative estimate of drug-likeness (QED) is 0.515. The zero-order valence-electron chi connectivity index (χ0n) is 15.4. The summed E-state index contributed by atoms with van der Waals surface area (Å²) in [5.74, 6) is 0.641. The number of carbonyl (C=O) groups excluding carboxylic acids is 1. The molecule has 1 unspecified atom stereocenters. The lowest BCUT2D eigenvalue weighted by molar-refractivity contribution is 0.0976. The monoisotopic (exact) mass is 343 g/mol. The Labute approximate surface area is 155 Å². The predicted molar refractivity (Wildman–Crippen MR) is 109 cm³/mol. The Morgan fingerprint density at radius 1 is 0.769 bits per heavy atom. The lowest BCUT2D eigenvalue weighted by Crippen LogP contribution is -2.16. The number of nitrogens with one attached hydrogen (secondary N) is 1. The smallest absolute Gasteiger partial charge is 0.165 e. The Hall–Kier alpha value is -2.87. The Bertz CT molecular complexity index is 823. The molecule has 0 saturated heterocycles. The van der Waals surface area contributed by atoms with E-state index in [1.807, 2.05) is 60.7 Å². The molecule has 0 heterocycles. The van der Waals surface area contributed by atoms with Crippen molar-refractivity contribution in [2.24, 2.45) is 0 Å². The number of para-hydroxylation sites is 1. The van der Waals surface area contributed by atoms with Crippen LogP contribution in [0.15, 0.2) is 84.9 Å². The maximum Gasteiger partial charge on any atom is 0.165 e. The number of benzene rings is 3. The second-order valence-corrected chi connectivity index (χ2v) is 6.88. The number of ketones is 1. The molecule has 1 atom stereocenters. The van der Waals surface area contributed by atoms with Crippen molar-refractivity contribution in [1.82, 2.24) is 0 Å².